The molecule has 0 spiro atoms. The van der Waals surface area contributed by atoms with Crippen molar-refractivity contribution in [2.24, 2.45) is 0 Å². The zero-order chi connectivity index (χ0) is 18.6. The van der Waals surface area contributed by atoms with E-state index in [0.29, 0.717) is 0 Å². The molecule has 0 aliphatic carbocycles. The monoisotopic (exact) mass is 357 g/mol. The van der Waals surface area contributed by atoms with Crippen LogP contribution >= 0.6 is 0 Å². The molecule has 0 radical (unpaired) electrons. The molecule has 0 unspecified atom stereocenters. The Morgan fingerprint density at radius 3 is 2.56 bits per heavy atom. The van der Waals surface area contributed by atoms with Gasteiger partial charge in [-0.25, -0.2) is 4.98 Å². The summed E-state index contributed by atoms with van der Waals surface area (Å²) in [4.78, 5) is 8.11. The van der Waals surface area contributed by atoms with E-state index in [1.807, 2.05) is 36.4 Å². The molecule has 1 aromatic heterocycles. The fourth-order valence-corrected chi connectivity index (χ4v) is 3.26. The van der Waals surface area contributed by atoms with E-state index >= 15 is 0 Å². The first kappa shape index (κ1) is 17.3. The molecule has 136 valence electrons. The summed E-state index contributed by atoms with van der Waals surface area (Å²) in [7, 11) is 1.69. The van der Waals surface area contributed by atoms with Gasteiger partial charge in [-0.3, -0.25) is 0 Å². The first-order chi connectivity index (χ1) is 13.2. The fourth-order valence-electron chi connectivity index (χ4n) is 3.26. The van der Waals surface area contributed by atoms with Gasteiger partial charge in [-0.1, -0.05) is 48.5 Å². The molecule has 1 atom stereocenters. The van der Waals surface area contributed by atoms with Crippen molar-refractivity contribution in [3.8, 4) is 17.1 Å². The van der Waals surface area contributed by atoms with Gasteiger partial charge in [-0.2, -0.15) is 0 Å². The van der Waals surface area contributed by atoms with Crippen LogP contribution < -0.4 is 10.1 Å². The maximum Gasteiger partial charge on any atom is 0.142 e. The summed E-state index contributed by atoms with van der Waals surface area (Å²) in [6.07, 6.45) is 0. The smallest absolute Gasteiger partial charge is 0.142 e. The number of aromatic nitrogens is 2. The summed E-state index contributed by atoms with van der Waals surface area (Å²) < 4.78 is 5.57. The maximum atomic E-state index is 5.57. The lowest BCUT2D eigenvalue weighted by molar-refractivity contribution is 0.416. The third-order valence-corrected chi connectivity index (χ3v) is 4.82. The Bertz CT molecular complexity index is 1010. The Morgan fingerprint density at radius 2 is 1.78 bits per heavy atom. The van der Waals surface area contributed by atoms with Crippen molar-refractivity contribution in [1.29, 1.82) is 0 Å². The minimum atomic E-state index is 0.281. The van der Waals surface area contributed by atoms with E-state index in [2.05, 4.69) is 53.6 Å². The molecule has 0 bridgehead atoms. The zero-order valence-electron chi connectivity index (χ0n) is 15.6. The van der Waals surface area contributed by atoms with Crippen molar-refractivity contribution in [3.05, 3.63) is 83.9 Å². The number of H-pyrrole nitrogens is 1. The molecule has 0 saturated carbocycles. The molecular weight excluding hydrogens is 334 g/mol. The summed E-state index contributed by atoms with van der Waals surface area (Å²) in [6, 6.07) is 25.0. The zero-order valence-corrected chi connectivity index (χ0v) is 15.6. The Balaban J connectivity index is 1.59. The number of benzene rings is 3. The van der Waals surface area contributed by atoms with E-state index in [9.17, 15) is 0 Å². The van der Waals surface area contributed by atoms with Crippen molar-refractivity contribution in [2.45, 2.75) is 19.5 Å². The number of hydrogen-bond donors (Lipinski definition) is 2. The molecule has 4 heteroatoms. The molecule has 4 rings (SSSR count). The molecule has 4 aromatic rings. The van der Waals surface area contributed by atoms with E-state index in [1.54, 1.807) is 7.11 Å². The van der Waals surface area contributed by atoms with Gasteiger partial charge in [0.05, 0.1) is 23.7 Å². The number of hydrogen-bond acceptors (Lipinski definition) is 3. The quantitative estimate of drug-likeness (QED) is 0.505. The van der Waals surface area contributed by atoms with Gasteiger partial charge in [0.25, 0.3) is 0 Å². The van der Waals surface area contributed by atoms with E-state index < -0.39 is 0 Å². The highest BCUT2D eigenvalue weighted by Gasteiger charge is 2.12. The van der Waals surface area contributed by atoms with Crippen molar-refractivity contribution < 1.29 is 4.74 Å². The van der Waals surface area contributed by atoms with Crippen molar-refractivity contribution >= 4 is 11.0 Å². The topological polar surface area (TPSA) is 49.9 Å². The minimum Gasteiger partial charge on any atom is -0.496 e. The standard InChI is InChI=1S/C23H23N3O/c1-16(18-8-4-3-5-9-18)24-15-17-12-13-22(27-2)19(14-17)23-25-20-10-6-7-11-21(20)26-23/h3-14,16,24H,15H2,1-2H3,(H,25,26)/t16-/m1/s1. The third-order valence-electron chi connectivity index (χ3n) is 4.82. The van der Waals surface area contributed by atoms with Crippen LogP contribution in [0.1, 0.15) is 24.1 Å². The van der Waals surface area contributed by atoms with E-state index in [0.717, 1.165) is 34.7 Å². The van der Waals surface area contributed by atoms with Gasteiger partial charge in [0.2, 0.25) is 0 Å². The summed E-state index contributed by atoms with van der Waals surface area (Å²) in [5.41, 5.74) is 5.42. The van der Waals surface area contributed by atoms with Gasteiger partial charge in [-0.15, -0.1) is 0 Å². The molecule has 27 heavy (non-hydrogen) atoms. The van der Waals surface area contributed by atoms with Gasteiger partial charge < -0.3 is 15.0 Å². The van der Waals surface area contributed by atoms with Gasteiger partial charge in [0, 0.05) is 12.6 Å². The second kappa shape index (κ2) is 7.64. The van der Waals surface area contributed by atoms with Crippen LogP contribution in [0.4, 0.5) is 0 Å². The van der Waals surface area contributed by atoms with Gasteiger partial charge in [-0.05, 0) is 42.3 Å². The highest BCUT2D eigenvalue weighted by atomic mass is 16.5. The van der Waals surface area contributed by atoms with Gasteiger partial charge >= 0.3 is 0 Å². The molecule has 3 aromatic carbocycles. The van der Waals surface area contributed by atoms with Crippen LogP contribution in [0.25, 0.3) is 22.4 Å². The number of imidazole rings is 1. The number of ether oxygens (including phenoxy) is 1. The highest BCUT2D eigenvalue weighted by Crippen LogP contribution is 2.30. The number of aromatic amines is 1. The van der Waals surface area contributed by atoms with E-state index in [4.69, 9.17) is 9.72 Å². The largest absolute Gasteiger partial charge is 0.496 e. The molecule has 2 N–H and O–H groups in total. The van der Waals surface area contributed by atoms with Gasteiger partial charge in [0.15, 0.2) is 0 Å². The lowest BCUT2D eigenvalue weighted by Crippen LogP contribution is -2.18. The predicted octanol–water partition coefficient (Wildman–Crippen LogP) is 5.09. The first-order valence-corrected chi connectivity index (χ1v) is 9.15. The second-order valence-corrected chi connectivity index (χ2v) is 6.65. The SMILES string of the molecule is COc1ccc(CN[C@H](C)c2ccccc2)cc1-c1nc2ccccc2[nH]1. The van der Waals surface area contributed by atoms with E-state index in [-0.39, 0.29) is 6.04 Å². The number of nitrogens with zero attached hydrogens (tertiary/aromatic N) is 1. The van der Waals surface area contributed by atoms with Crippen molar-refractivity contribution in [2.75, 3.05) is 7.11 Å². The molecule has 0 aliphatic rings. The number of methoxy groups -OCH3 is 1. The molecule has 0 saturated heterocycles. The lowest BCUT2D eigenvalue weighted by atomic mass is 10.1. The van der Waals surface area contributed by atoms with Crippen LogP contribution in [0, 0.1) is 0 Å². The number of rotatable bonds is 6. The van der Waals surface area contributed by atoms with Crippen LogP contribution in [0.5, 0.6) is 5.75 Å². The summed E-state index contributed by atoms with van der Waals surface area (Å²) in [5.74, 6) is 1.64. The Labute approximate surface area is 159 Å². The number of para-hydroxylation sites is 2. The van der Waals surface area contributed by atoms with Crippen LogP contribution in [0.3, 0.4) is 0 Å². The number of fused-ring (bicyclic) bond motifs is 1. The Morgan fingerprint density at radius 1 is 1.00 bits per heavy atom. The second-order valence-electron chi connectivity index (χ2n) is 6.65. The number of nitrogens with one attached hydrogen (secondary N) is 2. The van der Waals surface area contributed by atoms with Crippen LogP contribution in [0.15, 0.2) is 72.8 Å². The molecule has 0 fully saturated rings. The average molecular weight is 357 g/mol. The normalized spacial score (nSPS) is 12.2. The molecule has 1 heterocycles. The minimum absolute atomic E-state index is 0.281. The maximum absolute atomic E-state index is 5.57. The molecule has 4 nitrogen and oxygen atoms in total. The van der Waals surface area contributed by atoms with Crippen molar-refractivity contribution in [3.63, 3.8) is 0 Å². The van der Waals surface area contributed by atoms with Gasteiger partial charge in [0.1, 0.15) is 11.6 Å². The summed E-state index contributed by atoms with van der Waals surface area (Å²) in [5, 5.41) is 3.59. The molecule has 0 aliphatic heterocycles. The first-order valence-electron chi connectivity index (χ1n) is 9.15. The molecule has 0 amide bonds. The van der Waals surface area contributed by atoms with Crippen LogP contribution in [-0.4, -0.2) is 17.1 Å². The van der Waals surface area contributed by atoms with Crippen LogP contribution in [0.2, 0.25) is 0 Å². The highest BCUT2D eigenvalue weighted by molar-refractivity contribution is 5.80. The predicted molar refractivity (Wildman–Crippen MR) is 110 cm³/mol. The van der Waals surface area contributed by atoms with E-state index in [1.165, 1.54) is 11.1 Å². The van der Waals surface area contributed by atoms with Crippen LogP contribution in [-0.2, 0) is 6.54 Å². The lowest BCUT2D eigenvalue weighted by Gasteiger charge is -2.15. The average Bonchev–Trinajstić information content (AvgIpc) is 3.16. The van der Waals surface area contributed by atoms with Crippen molar-refractivity contribution in [1.82, 2.24) is 15.3 Å². The summed E-state index contributed by atoms with van der Waals surface area (Å²) >= 11 is 0. The Hall–Kier alpha value is -3.11. The third kappa shape index (κ3) is 3.71. The Kier molecular flexibility index (Phi) is 4.90. The molecular formula is C23H23N3O. The fraction of sp³-hybridized carbons (Fsp3) is 0.174. The summed E-state index contributed by atoms with van der Waals surface area (Å²) in [6.45, 7) is 2.95.